The lowest BCUT2D eigenvalue weighted by molar-refractivity contribution is -0.138. The minimum absolute atomic E-state index is 0.194. The van der Waals surface area contributed by atoms with Crippen molar-refractivity contribution in [3.05, 3.63) is 33.8 Å². The van der Waals surface area contributed by atoms with Crippen LogP contribution in [0.5, 0.6) is 0 Å². The summed E-state index contributed by atoms with van der Waals surface area (Å²) in [7, 11) is 0. The highest BCUT2D eigenvalue weighted by atomic mass is 79.9. The molecule has 0 radical (unpaired) electrons. The van der Waals surface area contributed by atoms with Crippen molar-refractivity contribution in [3.8, 4) is 0 Å². The average molecular weight is 339 g/mol. The van der Waals surface area contributed by atoms with Crippen molar-refractivity contribution in [2.24, 2.45) is 5.73 Å². The zero-order chi connectivity index (χ0) is 14.8. The second-order valence-corrected chi connectivity index (χ2v) is 4.70. The summed E-state index contributed by atoms with van der Waals surface area (Å²) in [4.78, 5) is 22.5. The van der Waals surface area contributed by atoms with Gasteiger partial charge in [0.25, 0.3) is 5.91 Å². The smallest absolute Gasteiger partial charge is 0.368 e. The molecule has 8 heteroatoms. The van der Waals surface area contributed by atoms with Gasteiger partial charge in [-0.25, -0.2) is 0 Å². The maximum Gasteiger partial charge on any atom is 0.417 e. The minimum Gasteiger partial charge on any atom is -0.368 e. The third kappa shape index (κ3) is 3.95. The number of hydrogen-bond donors (Lipinski definition) is 2. The Morgan fingerprint density at radius 2 is 1.95 bits per heavy atom. The van der Waals surface area contributed by atoms with Gasteiger partial charge in [0.2, 0.25) is 5.91 Å². The third-order valence-electron chi connectivity index (χ3n) is 2.31. The van der Waals surface area contributed by atoms with Gasteiger partial charge in [-0.05, 0) is 25.1 Å². The summed E-state index contributed by atoms with van der Waals surface area (Å²) < 4.78 is 38.6. The fraction of sp³-hybridized carbons (Fsp3) is 0.273. The Labute approximate surface area is 115 Å². The Morgan fingerprint density at radius 3 is 2.42 bits per heavy atom. The lowest BCUT2D eigenvalue weighted by Crippen LogP contribution is -2.42. The Balaban J connectivity index is 3.13. The van der Waals surface area contributed by atoms with Crippen molar-refractivity contribution >= 4 is 27.7 Å². The summed E-state index contributed by atoms with van der Waals surface area (Å²) in [6.07, 6.45) is -4.67. The van der Waals surface area contributed by atoms with E-state index in [0.717, 1.165) is 12.1 Å². The van der Waals surface area contributed by atoms with E-state index in [1.54, 1.807) is 0 Å². The zero-order valence-electron chi connectivity index (χ0n) is 9.72. The molecule has 19 heavy (non-hydrogen) atoms. The molecule has 3 N–H and O–H groups in total. The maximum atomic E-state index is 12.8. The molecule has 1 aromatic rings. The van der Waals surface area contributed by atoms with Crippen molar-refractivity contribution < 1.29 is 22.8 Å². The molecule has 1 rings (SSSR count). The molecule has 4 nitrogen and oxygen atoms in total. The fourth-order valence-corrected chi connectivity index (χ4v) is 1.66. The van der Waals surface area contributed by atoms with Crippen LogP contribution in [0.25, 0.3) is 0 Å². The van der Waals surface area contributed by atoms with Gasteiger partial charge in [-0.1, -0.05) is 15.9 Å². The van der Waals surface area contributed by atoms with E-state index in [-0.39, 0.29) is 4.47 Å². The first-order valence-corrected chi connectivity index (χ1v) is 5.89. The van der Waals surface area contributed by atoms with Gasteiger partial charge in [0, 0.05) is 4.47 Å². The van der Waals surface area contributed by atoms with Gasteiger partial charge < -0.3 is 11.1 Å². The van der Waals surface area contributed by atoms with Crippen LogP contribution < -0.4 is 11.1 Å². The molecular formula is C11H10BrF3N2O2. The van der Waals surface area contributed by atoms with Gasteiger partial charge in [-0.15, -0.1) is 0 Å². The first-order chi connectivity index (χ1) is 8.62. The summed E-state index contributed by atoms with van der Waals surface area (Å²) in [5.74, 6) is -1.84. The number of rotatable bonds is 3. The van der Waals surface area contributed by atoms with Gasteiger partial charge in [-0.2, -0.15) is 13.2 Å². The van der Waals surface area contributed by atoms with Crippen LogP contribution in [0.4, 0.5) is 13.2 Å². The molecule has 0 heterocycles. The number of primary amides is 1. The topological polar surface area (TPSA) is 72.2 Å². The molecule has 0 aliphatic heterocycles. The van der Waals surface area contributed by atoms with Crippen molar-refractivity contribution in [2.75, 3.05) is 0 Å². The van der Waals surface area contributed by atoms with Crippen molar-refractivity contribution in [2.45, 2.75) is 19.1 Å². The van der Waals surface area contributed by atoms with E-state index in [0.29, 0.717) is 0 Å². The summed E-state index contributed by atoms with van der Waals surface area (Å²) in [6.45, 7) is 1.28. The zero-order valence-corrected chi connectivity index (χ0v) is 11.3. The molecule has 0 aliphatic carbocycles. The van der Waals surface area contributed by atoms with E-state index in [1.165, 1.54) is 13.0 Å². The molecule has 0 spiro atoms. The van der Waals surface area contributed by atoms with E-state index in [4.69, 9.17) is 5.73 Å². The number of amides is 2. The third-order valence-corrected chi connectivity index (χ3v) is 2.80. The summed E-state index contributed by atoms with van der Waals surface area (Å²) >= 11 is 2.91. The van der Waals surface area contributed by atoms with E-state index >= 15 is 0 Å². The SMILES string of the molecule is CC(NC(=O)c1ccc(Br)cc1C(F)(F)F)C(N)=O. The Morgan fingerprint density at radius 1 is 1.37 bits per heavy atom. The Bertz CT molecular complexity index is 517. The molecule has 2 amide bonds. The number of nitrogens with one attached hydrogen (secondary N) is 1. The second-order valence-electron chi connectivity index (χ2n) is 3.79. The quantitative estimate of drug-likeness (QED) is 0.885. The van der Waals surface area contributed by atoms with Crippen molar-refractivity contribution in [1.82, 2.24) is 5.32 Å². The predicted octanol–water partition coefficient (Wildman–Crippen LogP) is 2.07. The molecule has 1 atom stereocenters. The van der Waals surface area contributed by atoms with Gasteiger partial charge in [-0.3, -0.25) is 9.59 Å². The molecule has 0 saturated carbocycles. The Hall–Kier alpha value is -1.57. The summed E-state index contributed by atoms with van der Waals surface area (Å²) in [5, 5.41) is 2.10. The second kappa shape index (κ2) is 5.60. The summed E-state index contributed by atoms with van der Waals surface area (Å²) in [6, 6.07) is 2.07. The van der Waals surface area contributed by atoms with Crippen LogP contribution in [0.3, 0.4) is 0 Å². The first kappa shape index (κ1) is 15.5. The normalized spacial score (nSPS) is 12.9. The first-order valence-electron chi connectivity index (χ1n) is 5.10. The van der Waals surface area contributed by atoms with Gasteiger partial charge in [0.15, 0.2) is 0 Å². The lowest BCUT2D eigenvalue weighted by atomic mass is 10.1. The van der Waals surface area contributed by atoms with Crippen LogP contribution >= 0.6 is 15.9 Å². The molecule has 0 saturated heterocycles. The molecule has 0 aromatic heterocycles. The summed E-state index contributed by atoms with van der Waals surface area (Å²) in [5.41, 5.74) is 3.27. The van der Waals surface area contributed by atoms with Crippen LogP contribution in [0, 0.1) is 0 Å². The van der Waals surface area contributed by atoms with Crippen molar-refractivity contribution in [1.29, 1.82) is 0 Å². The number of carbonyl (C=O) groups excluding carboxylic acids is 2. The number of alkyl halides is 3. The van der Waals surface area contributed by atoms with E-state index < -0.39 is 35.2 Å². The molecule has 1 unspecified atom stereocenters. The molecule has 104 valence electrons. The number of carbonyl (C=O) groups is 2. The Kier molecular flexibility index (Phi) is 4.56. The fourth-order valence-electron chi connectivity index (χ4n) is 1.29. The maximum absolute atomic E-state index is 12.8. The lowest BCUT2D eigenvalue weighted by Gasteiger charge is -2.15. The van der Waals surface area contributed by atoms with Crippen LogP contribution in [0.2, 0.25) is 0 Å². The van der Waals surface area contributed by atoms with Crippen LogP contribution in [0.15, 0.2) is 22.7 Å². The molecule has 1 aromatic carbocycles. The predicted molar refractivity (Wildman–Crippen MR) is 65.3 cm³/mol. The number of halogens is 4. The number of benzene rings is 1. The van der Waals surface area contributed by atoms with E-state index in [2.05, 4.69) is 21.2 Å². The molecule has 0 bridgehead atoms. The molecule has 0 aliphatic rings. The number of hydrogen-bond acceptors (Lipinski definition) is 2. The van der Waals surface area contributed by atoms with Crippen LogP contribution in [0.1, 0.15) is 22.8 Å². The standard InChI is InChI=1S/C11H10BrF3N2O2/c1-5(9(16)18)17-10(19)7-3-2-6(12)4-8(7)11(13,14)15/h2-5H,1H3,(H2,16,18)(H,17,19). The average Bonchev–Trinajstić information content (AvgIpc) is 2.27. The largest absolute Gasteiger partial charge is 0.417 e. The highest BCUT2D eigenvalue weighted by Crippen LogP contribution is 2.33. The highest BCUT2D eigenvalue weighted by molar-refractivity contribution is 9.10. The number of nitrogens with two attached hydrogens (primary N) is 1. The highest BCUT2D eigenvalue weighted by Gasteiger charge is 2.35. The van der Waals surface area contributed by atoms with Crippen molar-refractivity contribution in [3.63, 3.8) is 0 Å². The minimum atomic E-state index is -4.67. The van der Waals surface area contributed by atoms with Crippen LogP contribution in [-0.2, 0) is 11.0 Å². The van der Waals surface area contributed by atoms with Gasteiger partial charge in [0.05, 0.1) is 11.1 Å². The van der Waals surface area contributed by atoms with Gasteiger partial charge >= 0.3 is 6.18 Å². The molecule has 0 fully saturated rings. The van der Waals surface area contributed by atoms with Gasteiger partial charge in [0.1, 0.15) is 6.04 Å². The van der Waals surface area contributed by atoms with Crippen LogP contribution in [-0.4, -0.2) is 17.9 Å². The monoisotopic (exact) mass is 338 g/mol. The molecular weight excluding hydrogens is 329 g/mol. The van der Waals surface area contributed by atoms with E-state index in [9.17, 15) is 22.8 Å². The van der Waals surface area contributed by atoms with E-state index in [1.807, 2.05) is 0 Å².